The summed E-state index contributed by atoms with van der Waals surface area (Å²) in [4.78, 5) is 26.1. The summed E-state index contributed by atoms with van der Waals surface area (Å²) in [6, 6.07) is 14.3. The Bertz CT molecular complexity index is 789. The van der Waals surface area contributed by atoms with E-state index in [2.05, 4.69) is 5.32 Å². The minimum absolute atomic E-state index is 0.220. The maximum atomic E-state index is 12.7. The van der Waals surface area contributed by atoms with E-state index in [1.165, 1.54) is 0 Å². The van der Waals surface area contributed by atoms with Crippen molar-refractivity contribution in [1.82, 2.24) is 0 Å². The van der Waals surface area contributed by atoms with Crippen molar-refractivity contribution in [2.45, 2.75) is 40.2 Å². The first-order chi connectivity index (χ1) is 12.9. The summed E-state index contributed by atoms with van der Waals surface area (Å²) in [6.07, 6.45) is -0.441. The Morgan fingerprint density at radius 3 is 2.52 bits per heavy atom. The summed E-state index contributed by atoms with van der Waals surface area (Å²) in [5.41, 5.74) is 2.30. The normalized spacial score (nSPS) is 10.4. The van der Waals surface area contributed by atoms with Crippen LogP contribution in [0, 0.1) is 6.92 Å². The van der Waals surface area contributed by atoms with Gasteiger partial charge >= 0.3 is 12.2 Å². The van der Waals surface area contributed by atoms with Gasteiger partial charge in [0.05, 0.1) is 6.10 Å². The maximum absolute atomic E-state index is 12.7. The van der Waals surface area contributed by atoms with Crippen molar-refractivity contribution in [2.24, 2.45) is 0 Å². The summed E-state index contributed by atoms with van der Waals surface area (Å²) in [5, 5.41) is 2.62. The number of carbonyl (C=O) groups is 2. The molecule has 0 saturated carbocycles. The Hall–Kier alpha value is -3.02. The van der Waals surface area contributed by atoms with Gasteiger partial charge in [0.1, 0.15) is 5.75 Å². The van der Waals surface area contributed by atoms with Crippen LogP contribution in [-0.2, 0) is 4.74 Å². The largest absolute Gasteiger partial charge is 0.447 e. The van der Waals surface area contributed by atoms with Crippen molar-refractivity contribution >= 4 is 23.6 Å². The fourth-order valence-corrected chi connectivity index (χ4v) is 2.55. The molecule has 2 aromatic carbocycles. The molecule has 0 spiro atoms. The van der Waals surface area contributed by atoms with E-state index in [9.17, 15) is 9.59 Å². The van der Waals surface area contributed by atoms with Crippen LogP contribution in [0.2, 0.25) is 0 Å². The fourth-order valence-electron chi connectivity index (χ4n) is 2.55. The van der Waals surface area contributed by atoms with Crippen LogP contribution in [0.3, 0.4) is 0 Å². The molecule has 0 aliphatic carbocycles. The number of para-hydroxylation sites is 1. The molecule has 0 heterocycles. The lowest BCUT2D eigenvalue weighted by Crippen LogP contribution is -2.34. The minimum Gasteiger partial charge on any atom is -0.447 e. The molecule has 0 aliphatic rings. The Labute approximate surface area is 160 Å². The molecule has 6 nitrogen and oxygen atoms in total. The number of rotatable bonds is 6. The van der Waals surface area contributed by atoms with Gasteiger partial charge in [0, 0.05) is 24.0 Å². The number of aryl methyl sites for hydroxylation is 1. The molecule has 2 amide bonds. The third kappa shape index (κ3) is 6.02. The quantitative estimate of drug-likeness (QED) is 0.742. The van der Waals surface area contributed by atoms with Crippen LogP contribution >= 0.6 is 0 Å². The van der Waals surface area contributed by atoms with Gasteiger partial charge in [0.25, 0.3) is 0 Å². The fraction of sp³-hybridized carbons (Fsp3) is 0.333. The molecule has 0 unspecified atom stereocenters. The zero-order valence-corrected chi connectivity index (χ0v) is 16.2. The Morgan fingerprint density at radius 2 is 1.85 bits per heavy atom. The third-order valence-electron chi connectivity index (χ3n) is 3.70. The number of nitrogens with zero attached hydrogens (tertiary/aromatic N) is 1. The predicted molar refractivity (Wildman–Crippen MR) is 107 cm³/mol. The van der Waals surface area contributed by atoms with Crippen LogP contribution in [0.25, 0.3) is 0 Å². The molecular formula is C21H26N2O4. The zero-order valence-electron chi connectivity index (χ0n) is 16.2. The van der Waals surface area contributed by atoms with Gasteiger partial charge in [0.15, 0.2) is 0 Å². The molecule has 6 heteroatoms. The minimum atomic E-state index is -0.555. The van der Waals surface area contributed by atoms with E-state index >= 15 is 0 Å². The second-order valence-corrected chi connectivity index (χ2v) is 6.41. The van der Waals surface area contributed by atoms with E-state index < -0.39 is 12.2 Å². The van der Waals surface area contributed by atoms with Gasteiger partial charge in [-0.2, -0.15) is 0 Å². The van der Waals surface area contributed by atoms with Crippen LogP contribution in [-0.4, -0.2) is 24.8 Å². The number of hydrogen-bond donors (Lipinski definition) is 1. The predicted octanol–water partition coefficient (Wildman–Crippen LogP) is 5.37. The standard InChI is InChI=1S/C21H26N2O4/c1-5-13-23(19-12-7-6-9-16(19)4)21(25)27-18-11-8-10-17(14-18)22-20(24)26-15(2)3/h6-12,14-15H,5,13H2,1-4H3,(H,22,24). The Kier molecular flexibility index (Phi) is 7.23. The van der Waals surface area contributed by atoms with Gasteiger partial charge in [-0.1, -0.05) is 31.2 Å². The van der Waals surface area contributed by atoms with E-state index in [1.54, 1.807) is 43.0 Å². The second-order valence-electron chi connectivity index (χ2n) is 6.41. The summed E-state index contributed by atoms with van der Waals surface area (Å²) in [5.74, 6) is 0.344. The van der Waals surface area contributed by atoms with Crippen LogP contribution in [0.1, 0.15) is 32.8 Å². The van der Waals surface area contributed by atoms with Crippen molar-refractivity contribution in [1.29, 1.82) is 0 Å². The molecule has 0 aromatic heterocycles. The lowest BCUT2D eigenvalue weighted by Gasteiger charge is -2.23. The molecule has 0 radical (unpaired) electrons. The average Bonchev–Trinajstić information content (AvgIpc) is 2.60. The van der Waals surface area contributed by atoms with Crippen LogP contribution in [0.15, 0.2) is 48.5 Å². The number of anilines is 2. The number of hydrogen-bond acceptors (Lipinski definition) is 4. The number of nitrogens with one attached hydrogen (secondary N) is 1. The zero-order chi connectivity index (χ0) is 19.8. The van der Waals surface area contributed by atoms with E-state index in [4.69, 9.17) is 9.47 Å². The summed E-state index contributed by atoms with van der Waals surface area (Å²) in [6.45, 7) is 8.04. The number of amides is 2. The van der Waals surface area contributed by atoms with Gasteiger partial charge in [0.2, 0.25) is 0 Å². The van der Waals surface area contributed by atoms with Crippen molar-refractivity contribution in [3.8, 4) is 5.75 Å². The molecule has 1 N–H and O–H groups in total. The van der Waals surface area contributed by atoms with Crippen LogP contribution in [0.4, 0.5) is 21.0 Å². The highest BCUT2D eigenvalue weighted by molar-refractivity contribution is 5.90. The van der Waals surface area contributed by atoms with E-state index in [-0.39, 0.29) is 6.10 Å². The van der Waals surface area contributed by atoms with Crippen LogP contribution < -0.4 is 15.0 Å². The first-order valence-electron chi connectivity index (χ1n) is 9.03. The van der Waals surface area contributed by atoms with E-state index in [1.807, 2.05) is 38.1 Å². The van der Waals surface area contributed by atoms with Gasteiger partial charge in [-0.15, -0.1) is 0 Å². The van der Waals surface area contributed by atoms with Crippen molar-refractivity contribution in [2.75, 3.05) is 16.8 Å². The molecule has 0 saturated heterocycles. The van der Waals surface area contributed by atoms with Crippen LogP contribution in [0.5, 0.6) is 5.75 Å². The first-order valence-corrected chi connectivity index (χ1v) is 9.03. The highest BCUT2D eigenvalue weighted by Crippen LogP contribution is 2.23. The number of ether oxygens (including phenoxy) is 2. The lowest BCUT2D eigenvalue weighted by atomic mass is 10.2. The second kappa shape index (κ2) is 9.62. The van der Waals surface area contributed by atoms with Gasteiger partial charge in [-0.3, -0.25) is 10.2 Å². The highest BCUT2D eigenvalue weighted by Gasteiger charge is 2.19. The Morgan fingerprint density at radius 1 is 1.11 bits per heavy atom. The number of benzene rings is 2. The van der Waals surface area contributed by atoms with Crippen molar-refractivity contribution < 1.29 is 19.1 Å². The SMILES string of the molecule is CCCN(C(=O)Oc1cccc(NC(=O)OC(C)C)c1)c1ccccc1C. The number of carbonyl (C=O) groups excluding carboxylic acids is 2. The molecule has 0 aliphatic heterocycles. The highest BCUT2D eigenvalue weighted by atomic mass is 16.6. The Balaban J connectivity index is 2.12. The lowest BCUT2D eigenvalue weighted by molar-refractivity contribution is 0.130. The molecule has 0 fully saturated rings. The molecular weight excluding hydrogens is 344 g/mol. The van der Waals surface area contributed by atoms with Crippen molar-refractivity contribution in [3.63, 3.8) is 0 Å². The first kappa shape index (κ1) is 20.3. The molecule has 144 valence electrons. The van der Waals surface area contributed by atoms with E-state index in [0.29, 0.717) is 18.0 Å². The summed E-state index contributed by atoms with van der Waals surface area (Å²) >= 11 is 0. The summed E-state index contributed by atoms with van der Waals surface area (Å²) in [7, 11) is 0. The maximum Gasteiger partial charge on any atom is 0.419 e. The average molecular weight is 370 g/mol. The van der Waals surface area contributed by atoms with Crippen molar-refractivity contribution in [3.05, 3.63) is 54.1 Å². The monoisotopic (exact) mass is 370 g/mol. The smallest absolute Gasteiger partial charge is 0.419 e. The van der Waals surface area contributed by atoms with Gasteiger partial charge in [-0.25, -0.2) is 9.59 Å². The topological polar surface area (TPSA) is 67.9 Å². The van der Waals surface area contributed by atoms with E-state index in [0.717, 1.165) is 17.7 Å². The molecule has 0 atom stereocenters. The molecule has 2 rings (SSSR count). The summed E-state index contributed by atoms with van der Waals surface area (Å²) < 4.78 is 10.6. The van der Waals surface area contributed by atoms with Gasteiger partial charge in [-0.05, 0) is 51.0 Å². The molecule has 0 bridgehead atoms. The third-order valence-corrected chi connectivity index (χ3v) is 3.70. The molecule has 2 aromatic rings. The van der Waals surface area contributed by atoms with Gasteiger partial charge < -0.3 is 9.47 Å². The molecule has 27 heavy (non-hydrogen) atoms.